The van der Waals surface area contributed by atoms with Crippen LogP contribution in [0.1, 0.15) is 28.7 Å². The number of amides is 1. The number of aryl methyl sites for hydroxylation is 4. The minimum absolute atomic E-state index is 0.0483. The minimum Gasteiger partial charge on any atom is -0.362 e. The quantitative estimate of drug-likeness (QED) is 0.929. The molecule has 0 aliphatic carbocycles. The summed E-state index contributed by atoms with van der Waals surface area (Å²) in [6, 6.07) is 12.7. The van der Waals surface area contributed by atoms with Gasteiger partial charge in [0.2, 0.25) is 5.91 Å². The van der Waals surface area contributed by atoms with Gasteiger partial charge in [0, 0.05) is 17.9 Å². The predicted octanol–water partition coefficient (Wildman–Crippen LogP) is 4.00. The number of rotatable bonds is 3. The molecular weight excluding hydrogens is 284 g/mol. The molecule has 0 aromatic heterocycles. The zero-order valence-corrected chi connectivity index (χ0v) is 14.1. The lowest BCUT2D eigenvalue weighted by atomic mass is 9.99. The third-order valence-electron chi connectivity index (χ3n) is 4.45. The molecule has 1 heterocycles. The van der Waals surface area contributed by atoms with Crippen molar-refractivity contribution in [1.29, 1.82) is 0 Å². The Bertz CT molecular complexity index is 736. The van der Waals surface area contributed by atoms with E-state index in [2.05, 4.69) is 41.4 Å². The van der Waals surface area contributed by atoms with E-state index in [1.165, 1.54) is 16.8 Å². The number of carbonyl (C=O) groups is 1. The smallest absolute Gasteiger partial charge is 0.243 e. The molecule has 0 fully saturated rings. The van der Waals surface area contributed by atoms with Crippen LogP contribution in [0.2, 0.25) is 0 Å². The molecule has 1 N–H and O–H groups in total. The average Bonchev–Trinajstić information content (AvgIpc) is 2.51. The highest BCUT2D eigenvalue weighted by atomic mass is 16.2. The summed E-state index contributed by atoms with van der Waals surface area (Å²) in [5.74, 6) is 0.0483. The Kier molecular flexibility index (Phi) is 4.37. The number of hydrogen-bond donors (Lipinski definition) is 1. The monoisotopic (exact) mass is 308 g/mol. The molecule has 0 bridgehead atoms. The van der Waals surface area contributed by atoms with Crippen LogP contribution >= 0.6 is 0 Å². The summed E-state index contributed by atoms with van der Waals surface area (Å²) >= 11 is 0. The van der Waals surface area contributed by atoms with Crippen molar-refractivity contribution >= 4 is 17.3 Å². The van der Waals surface area contributed by atoms with E-state index in [4.69, 9.17) is 0 Å². The van der Waals surface area contributed by atoms with Crippen LogP contribution in [-0.2, 0) is 11.2 Å². The van der Waals surface area contributed by atoms with Crippen LogP contribution in [0.25, 0.3) is 0 Å². The van der Waals surface area contributed by atoms with E-state index in [1.807, 2.05) is 26.0 Å². The average molecular weight is 308 g/mol. The van der Waals surface area contributed by atoms with Crippen LogP contribution in [0.15, 0.2) is 36.4 Å². The van der Waals surface area contributed by atoms with Crippen molar-refractivity contribution in [2.45, 2.75) is 33.6 Å². The fraction of sp³-hybridized carbons (Fsp3) is 0.350. The molecular formula is C20H24N2O. The zero-order chi connectivity index (χ0) is 16.4. The molecule has 2 aromatic carbocycles. The van der Waals surface area contributed by atoms with E-state index in [0.29, 0.717) is 6.54 Å². The number of benzene rings is 2. The molecule has 1 aliphatic rings. The van der Waals surface area contributed by atoms with Crippen molar-refractivity contribution in [1.82, 2.24) is 0 Å². The molecule has 1 aliphatic heterocycles. The van der Waals surface area contributed by atoms with E-state index < -0.39 is 0 Å². The lowest BCUT2D eigenvalue weighted by Crippen LogP contribution is -2.36. The molecule has 3 nitrogen and oxygen atoms in total. The zero-order valence-electron chi connectivity index (χ0n) is 14.1. The van der Waals surface area contributed by atoms with Crippen LogP contribution in [0.5, 0.6) is 0 Å². The first-order chi connectivity index (χ1) is 11.0. The predicted molar refractivity (Wildman–Crippen MR) is 96.3 cm³/mol. The van der Waals surface area contributed by atoms with E-state index in [0.717, 1.165) is 36.2 Å². The highest BCUT2D eigenvalue weighted by Crippen LogP contribution is 2.27. The first kappa shape index (κ1) is 15.6. The maximum atomic E-state index is 12.5. The van der Waals surface area contributed by atoms with Gasteiger partial charge in [0.15, 0.2) is 0 Å². The SMILES string of the molecule is Cc1ccc2c(c1)CCCN2CC(=O)Nc1cc(C)ccc1C. The molecule has 0 saturated heterocycles. The molecule has 0 atom stereocenters. The van der Waals surface area contributed by atoms with E-state index in [1.54, 1.807) is 0 Å². The van der Waals surface area contributed by atoms with Gasteiger partial charge in [-0.05, 0) is 62.4 Å². The van der Waals surface area contributed by atoms with Crippen LogP contribution in [-0.4, -0.2) is 19.0 Å². The van der Waals surface area contributed by atoms with Crippen molar-refractivity contribution in [3.8, 4) is 0 Å². The number of anilines is 2. The Hall–Kier alpha value is -2.29. The number of fused-ring (bicyclic) bond motifs is 1. The Morgan fingerprint density at radius 1 is 1.09 bits per heavy atom. The van der Waals surface area contributed by atoms with Crippen molar-refractivity contribution in [2.24, 2.45) is 0 Å². The summed E-state index contributed by atoms with van der Waals surface area (Å²) in [4.78, 5) is 14.7. The van der Waals surface area contributed by atoms with Gasteiger partial charge < -0.3 is 10.2 Å². The highest BCUT2D eigenvalue weighted by Gasteiger charge is 2.19. The maximum absolute atomic E-state index is 12.5. The van der Waals surface area contributed by atoms with Gasteiger partial charge in [-0.15, -0.1) is 0 Å². The van der Waals surface area contributed by atoms with E-state index in [-0.39, 0.29) is 5.91 Å². The third-order valence-corrected chi connectivity index (χ3v) is 4.45. The second kappa shape index (κ2) is 6.45. The number of hydrogen-bond acceptors (Lipinski definition) is 2. The highest BCUT2D eigenvalue weighted by molar-refractivity contribution is 5.95. The van der Waals surface area contributed by atoms with Crippen LogP contribution in [0.4, 0.5) is 11.4 Å². The summed E-state index contributed by atoms with van der Waals surface area (Å²) in [6.45, 7) is 7.53. The van der Waals surface area contributed by atoms with Crippen molar-refractivity contribution < 1.29 is 4.79 Å². The summed E-state index contributed by atoms with van der Waals surface area (Å²) in [5.41, 5.74) is 7.01. The molecule has 3 rings (SSSR count). The minimum atomic E-state index is 0.0483. The van der Waals surface area contributed by atoms with Crippen molar-refractivity contribution in [2.75, 3.05) is 23.3 Å². The van der Waals surface area contributed by atoms with Gasteiger partial charge in [-0.2, -0.15) is 0 Å². The molecule has 0 spiro atoms. The second-order valence-corrected chi connectivity index (χ2v) is 6.52. The summed E-state index contributed by atoms with van der Waals surface area (Å²) in [7, 11) is 0. The molecule has 0 unspecified atom stereocenters. The van der Waals surface area contributed by atoms with Gasteiger partial charge in [0.05, 0.1) is 6.54 Å². The molecule has 0 radical (unpaired) electrons. The normalized spacial score (nSPS) is 13.6. The lowest BCUT2D eigenvalue weighted by Gasteiger charge is -2.31. The molecule has 2 aromatic rings. The Labute approximate surface area is 138 Å². The van der Waals surface area contributed by atoms with Crippen LogP contribution in [0.3, 0.4) is 0 Å². The van der Waals surface area contributed by atoms with Gasteiger partial charge >= 0.3 is 0 Å². The fourth-order valence-corrected chi connectivity index (χ4v) is 3.20. The fourth-order valence-electron chi connectivity index (χ4n) is 3.20. The summed E-state index contributed by atoms with van der Waals surface area (Å²) < 4.78 is 0. The van der Waals surface area contributed by atoms with Crippen LogP contribution < -0.4 is 10.2 Å². The largest absolute Gasteiger partial charge is 0.362 e. The first-order valence-corrected chi connectivity index (χ1v) is 8.24. The lowest BCUT2D eigenvalue weighted by molar-refractivity contribution is -0.115. The maximum Gasteiger partial charge on any atom is 0.243 e. The first-order valence-electron chi connectivity index (χ1n) is 8.24. The molecule has 120 valence electrons. The number of carbonyl (C=O) groups excluding carboxylic acids is 1. The Balaban J connectivity index is 1.73. The van der Waals surface area contributed by atoms with Gasteiger partial charge in [-0.25, -0.2) is 0 Å². The summed E-state index contributed by atoms with van der Waals surface area (Å²) in [5, 5.41) is 3.06. The topological polar surface area (TPSA) is 32.3 Å². The molecule has 23 heavy (non-hydrogen) atoms. The van der Waals surface area contributed by atoms with Gasteiger partial charge in [-0.1, -0.05) is 29.8 Å². The van der Waals surface area contributed by atoms with E-state index >= 15 is 0 Å². The standard InChI is InChI=1S/C20H24N2O/c1-14-7-9-19-17(11-14)5-4-10-22(19)13-20(23)21-18-12-15(2)6-8-16(18)3/h6-9,11-12H,4-5,10,13H2,1-3H3,(H,21,23). The van der Waals surface area contributed by atoms with Gasteiger partial charge in [0.25, 0.3) is 0 Å². The summed E-state index contributed by atoms with van der Waals surface area (Å²) in [6.07, 6.45) is 2.21. The molecule has 0 saturated carbocycles. The molecule has 3 heteroatoms. The number of nitrogens with zero attached hydrogens (tertiary/aromatic N) is 1. The van der Waals surface area contributed by atoms with Gasteiger partial charge in [-0.3, -0.25) is 4.79 Å². The second-order valence-electron chi connectivity index (χ2n) is 6.52. The Morgan fingerprint density at radius 2 is 1.83 bits per heavy atom. The van der Waals surface area contributed by atoms with E-state index in [9.17, 15) is 4.79 Å². The van der Waals surface area contributed by atoms with Crippen molar-refractivity contribution in [3.05, 3.63) is 58.7 Å². The van der Waals surface area contributed by atoms with Crippen LogP contribution in [0, 0.1) is 20.8 Å². The van der Waals surface area contributed by atoms with Gasteiger partial charge in [0.1, 0.15) is 0 Å². The molecule has 1 amide bonds. The Morgan fingerprint density at radius 3 is 2.65 bits per heavy atom. The third kappa shape index (κ3) is 3.55. The number of nitrogens with one attached hydrogen (secondary N) is 1. The van der Waals surface area contributed by atoms with Crippen molar-refractivity contribution in [3.63, 3.8) is 0 Å².